The lowest BCUT2D eigenvalue weighted by Gasteiger charge is -2.31. The highest BCUT2D eigenvalue weighted by Crippen LogP contribution is 2.44. The van der Waals surface area contributed by atoms with Crippen molar-refractivity contribution in [1.29, 1.82) is 0 Å². The van der Waals surface area contributed by atoms with Crippen LogP contribution in [0.1, 0.15) is 50.2 Å². The van der Waals surface area contributed by atoms with Gasteiger partial charge in [-0.15, -0.1) is 0 Å². The van der Waals surface area contributed by atoms with Gasteiger partial charge in [-0.25, -0.2) is 0 Å². The summed E-state index contributed by atoms with van der Waals surface area (Å²) in [5, 5.41) is 0. The molecule has 0 spiro atoms. The number of hydrogen-bond acceptors (Lipinski definition) is 1. The largest absolute Gasteiger partial charge is 0.330 e. The van der Waals surface area contributed by atoms with E-state index >= 15 is 0 Å². The van der Waals surface area contributed by atoms with Gasteiger partial charge in [-0.1, -0.05) is 44.0 Å². The van der Waals surface area contributed by atoms with E-state index in [4.69, 9.17) is 5.73 Å². The highest BCUT2D eigenvalue weighted by Gasteiger charge is 2.35. The van der Waals surface area contributed by atoms with E-state index in [1.54, 1.807) is 5.56 Å². The monoisotopic (exact) mass is 217 g/mol. The Morgan fingerprint density at radius 3 is 2.50 bits per heavy atom. The van der Waals surface area contributed by atoms with Gasteiger partial charge >= 0.3 is 0 Å². The van der Waals surface area contributed by atoms with E-state index in [2.05, 4.69) is 31.2 Å². The van der Waals surface area contributed by atoms with Gasteiger partial charge < -0.3 is 5.73 Å². The molecule has 1 saturated carbocycles. The van der Waals surface area contributed by atoms with Gasteiger partial charge in [0, 0.05) is 0 Å². The fourth-order valence-corrected chi connectivity index (χ4v) is 3.33. The Labute approximate surface area is 99.0 Å². The predicted molar refractivity (Wildman–Crippen MR) is 69.6 cm³/mol. The van der Waals surface area contributed by atoms with Crippen molar-refractivity contribution < 1.29 is 0 Å². The Bertz CT molecular complexity index is 337. The van der Waals surface area contributed by atoms with Crippen LogP contribution in [0.2, 0.25) is 0 Å². The molecule has 1 heteroatoms. The van der Waals surface area contributed by atoms with E-state index in [9.17, 15) is 0 Å². The van der Waals surface area contributed by atoms with Gasteiger partial charge in [-0.3, -0.25) is 0 Å². The van der Waals surface area contributed by atoms with Crippen LogP contribution in [0.3, 0.4) is 0 Å². The molecule has 0 aliphatic heterocycles. The van der Waals surface area contributed by atoms with Gasteiger partial charge in [-0.05, 0) is 48.8 Å². The second kappa shape index (κ2) is 5.01. The molecule has 88 valence electrons. The standard InChI is InChI=1S/C15H23N/c1-2-13-7-3-4-8-14(13)15(11-12-16)9-5-6-10-15/h3-4,7-8H,2,5-6,9-12,16H2,1H3. The maximum absolute atomic E-state index is 5.82. The summed E-state index contributed by atoms with van der Waals surface area (Å²) in [6.45, 7) is 3.07. The summed E-state index contributed by atoms with van der Waals surface area (Å²) in [5.41, 5.74) is 9.34. The SMILES string of the molecule is CCc1ccccc1C1(CCN)CCCC1. The van der Waals surface area contributed by atoms with Crippen molar-refractivity contribution in [2.75, 3.05) is 6.54 Å². The zero-order valence-corrected chi connectivity index (χ0v) is 10.3. The highest BCUT2D eigenvalue weighted by molar-refractivity contribution is 5.35. The fourth-order valence-electron chi connectivity index (χ4n) is 3.33. The van der Waals surface area contributed by atoms with E-state index in [0.29, 0.717) is 5.41 Å². The quantitative estimate of drug-likeness (QED) is 0.821. The average Bonchev–Trinajstić information content (AvgIpc) is 2.79. The lowest BCUT2D eigenvalue weighted by atomic mass is 9.74. The molecule has 0 atom stereocenters. The molecule has 0 radical (unpaired) electrons. The van der Waals surface area contributed by atoms with Gasteiger partial charge in [-0.2, -0.15) is 0 Å². The first-order chi connectivity index (χ1) is 7.82. The molecule has 0 aromatic heterocycles. The first-order valence-corrected chi connectivity index (χ1v) is 6.61. The summed E-state index contributed by atoms with van der Waals surface area (Å²) < 4.78 is 0. The molecule has 0 unspecified atom stereocenters. The van der Waals surface area contributed by atoms with Crippen LogP contribution in [0.4, 0.5) is 0 Å². The third-order valence-corrected chi connectivity index (χ3v) is 4.15. The third-order valence-electron chi connectivity index (χ3n) is 4.15. The molecule has 1 aliphatic rings. The molecule has 1 nitrogen and oxygen atoms in total. The maximum atomic E-state index is 5.82. The molecular formula is C15H23N. The van der Waals surface area contributed by atoms with E-state index in [1.165, 1.54) is 31.2 Å². The summed E-state index contributed by atoms with van der Waals surface area (Å²) in [5.74, 6) is 0. The van der Waals surface area contributed by atoms with E-state index in [-0.39, 0.29) is 0 Å². The van der Waals surface area contributed by atoms with Crippen molar-refractivity contribution in [1.82, 2.24) is 0 Å². The van der Waals surface area contributed by atoms with Gasteiger partial charge in [0.2, 0.25) is 0 Å². The average molecular weight is 217 g/mol. The molecule has 2 rings (SSSR count). The zero-order valence-electron chi connectivity index (χ0n) is 10.3. The number of hydrogen-bond donors (Lipinski definition) is 1. The van der Waals surface area contributed by atoms with Gasteiger partial charge in [0.05, 0.1) is 0 Å². The minimum Gasteiger partial charge on any atom is -0.330 e. The van der Waals surface area contributed by atoms with Crippen molar-refractivity contribution in [3.8, 4) is 0 Å². The second-order valence-electron chi connectivity index (χ2n) is 5.04. The van der Waals surface area contributed by atoms with Crippen LogP contribution in [-0.4, -0.2) is 6.54 Å². The number of aryl methyl sites for hydroxylation is 1. The Hall–Kier alpha value is -0.820. The first-order valence-electron chi connectivity index (χ1n) is 6.61. The molecule has 16 heavy (non-hydrogen) atoms. The highest BCUT2D eigenvalue weighted by atomic mass is 14.6. The number of nitrogens with two attached hydrogens (primary N) is 1. The Morgan fingerprint density at radius 1 is 1.19 bits per heavy atom. The minimum atomic E-state index is 0.404. The van der Waals surface area contributed by atoms with Crippen LogP contribution in [0.25, 0.3) is 0 Å². The zero-order chi connectivity index (χ0) is 11.4. The van der Waals surface area contributed by atoms with Gasteiger partial charge in [0.1, 0.15) is 0 Å². The molecule has 0 bridgehead atoms. The van der Waals surface area contributed by atoms with Crippen LogP contribution in [0, 0.1) is 0 Å². The summed E-state index contributed by atoms with van der Waals surface area (Å²) in [4.78, 5) is 0. The van der Waals surface area contributed by atoms with E-state index < -0.39 is 0 Å². The molecule has 2 N–H and O–H groups in total. The number of benzene rings is 1. The van der Waals surface area contributed by atoms with Gasteiger partial charge in [0.25, 0.3) is 0 Å². The lowest BCUT2D eigenvalue weighted by Crippen LogP contribution is -2.27. The summed E-state index contributed by atoms with van der Waals surface area (Å²) >= 11 is 0. The topological polar surface area (TPSA) is 26.0 Å². The van der Waals surface area contributed by atoms with Crippen LogP contribution in [0.15, 0.2) is 24.3 Å². The van der Waals surface area contributed by atoms with E-state index in [1.807, 2.05) is 0 Å². The van der Waals surface area contributed by atoms with Crippen LogP contribution < -0.4 is 5.73 Å². The molecule has 0 heterocycles. The lowest BCUT2D eigenvalue weighted by molar-refractivity contribution is 0.409. The third kappa shape index (κ3) is 2.01. The van der Waals surface area contributed by atoms with E-state index in [0.717, 1.165) is 19.4 Å². The first kappa shape index (κ1) is 11.7. The normalized spacial score (nSPS) is 18.9. The predicted octanol–water partition coefficient (Wildman–Crippen LogP) is 3.41. The smallest absolute Gasteiger partial charge is 0.00323 e. The molecule has 1 aromatic carbocycles. The maximum Gasteiger partial charge on any atom is -0.00323 e. The van der Waals surface area contributed by atoms with Crippen LogP contribution >= 0.6 is 0 Å². The van der Waals surface area contributed by atoms with Gasteiger partial charge in [0.15, 0.2) is 0 Å². The molecule has 1 aliphatic carbocycles. The summed E-state index contributed by atoms with van der Waals surface area (Å²) in [6.07, 6.45) is 7.71. The van der Waals surface area contributed by atoms with Crippen molar-refractivity contribution >= 4 is 0 Å². The van der Waals surface area contributed by atoms with Crippen molar-refractivity contribution in [3.63, 3.8) is 0 Å². The Morgan fingerprint density at radius 2 is 1.88 bits per heavy atom. The molecule has 0 amide bonds. The Kier molecular flexibility index (Phi) is 3.65. The summed E-state index contributed by atoms with van der Waals surface area (Å²) in [7, 11) is 0. The molecule has 0 saturated heterocycles. The minimum absolute atomic E-state index is 0.404. The molecular weight excluding hydrogens is 194 g/mol. The van der Waals surface area contributed by atoms with Crippen LogP contribution in [-0.2, 0) is 11.8 Å². The van der Waals surface area contributed by atoms with Crippen molar-refractivity contribution in [2.45, 2.75) is 50.9 Å². The Balaban J connectivity index is 2.38. The molecule has 1 aromatic rings. The second-order valence-corrected chi connectivity index (χ2v) is 5.04. The van der Waals surface area contributed by atoms with Crippen LogP contribution in [0.5, 0.6) is 0 Å². The summed E-state index contributed by atoms with van der Waals surface area (Å²) in [6, 6.07) is 8.96. The number of rotatable bonds is 4. The molecule has 1 fully saturated rings. The fraction of sp³-hybridized carbons (Fsp3) is 0.600. The van der Waals surface area contributed by atoms with Crippen molar-refractivity contribution in [3.05, 3.63) is 35.4 Å². The van der Waals surface area contributed by atoms with Crippen molar-refractivity contribution in [2.24, 2.45) is 5.73 Å².